The van der Waals surface area contributed by atoms with Gasteiger partial charge >= 0.3 is 0 Å². The number of hydrogen-bond donors (Lipinski definition) is 4. The molecule has 0 spiro atoms. The van der Waals surface area contributed by atoms with Crippen molar-refractivity contribution in [1.29, 1.82) is 0 Å². The fraction of sp³-hybridized carbons (Fsp3) is 0.400. The molecule has 2 amide bonds. The molecule has 0 fully saturated rings. The second-order valence-corrected chi connectivity index (χ2v) is 9.90. The van der Waals surface area contributed by atoms with Gasteiger partial charge in [-0.3, -0.25) is 14.6 Å². The molecule has 0 saturated carbocycles. The summed E-state index contributed by atoms with van der Waals surface area (Å²) in [7, 11) is 0. The van der Waals surface area contributed by atoms with Crippen molar-refractivity contribution in [3.8, 4) is 0 Å². The number of halogens is 1. The lowest BCUT2D eigenvalue weighted by molar-refractivity contribution is 0.0953. The van der Waals surface area contributed by atoms with Crippen molar-refractivity contribution >= 4 is 35.9 Å². The topological polar surface area (TPSA) is 123 Å². The number of carbonyl (C=O) groups excluding carboxylic acids is 2. The van der Waals surface area contributed by atoms with E-state index in [1.54, 1.807) is 24.3 Å². The van der Waals surface area contributed by atoms with Crippen LogP contribution in [0.25, 0.3) is 0 Å². The van der Waals surface area contributed by atoms with Crippen LogP contribution in [-0.2, 0) is 10.8 Å². The van der Waals surface area contributed by atoms with Gasteiger partial charge in [0.2, 0.25) is 0 Å². The molecule has 0 aliphatic heterocycles. The average molecular weight is 474 g/mol. The van der Waals surface area contributed by atoms with Gasteiger partial charge in [0.15, 0.2) is 5.96 Å². The number of hydrogen-bond acceptors (Lipinski definition) is 3. The van der Waals surface area contributed by atoms with Crippen molar-refractivity contribution in [2.75, 3.05) is 18.4 Å². The Kier molecular flexibility index (Phi) is 9.48. The van der Waals surface area contributed by atoms with E-state index in [2.05, 4.69) is 63.2 Å². The highest BCUT2D eigenvalue weighted by Gasteiger charge is 2.22. The molecule has 180 valence electrons. The maximum absolute atomic E-state index is 13.1. The highest BCUT2D eigenvalue weighted by atomic mass is 35.5. The van der Waals surface area contributed by atoms with Crippen molar-refractivity contribution in [3.63, 3.8) is 0 Å². The number of guanidine groups is 1. The van der Waals surface area contributed by atoms with Crippen LogP contribution in [0.5, 0.6) is 0 Å². The van der Waals surface area contributed by atoms with Crippen LogP contribution in [0.1, 0.15) is 73.4 Å². The van der Waals surface area contributed by atoms with E-state index >= 15 is 0 Å². The maximum atomic E-state index is 13.1. The Balaban J connectivity index is 0.00000544. The SMILES string of the molecule is CC(C)(C)c1cc(C(=O)Nc2cccc(C(=O)NCCN=C(N)N)c2)cc(C(C)(C)C)c1.Cl. The highest BCUT2D eigenvalue weighted by molar-refractivity contribution is 6.05. The summed E-state index contributed by atoms with van der Waals surface area (Å²) in [5.74, 6) is -0.502. The molecule has 0 bridgehead atoms. The van der Waals surface area contributed by atoms with E-state index in [-0.39, 0.29) is 41.0 Å². The smallest absolute Gasteiger partial charge is 0.255 e. The number of benzene rings is 2. The summed E-state index contributed by atoms with van der Waals surface area (Å²) >= 11 is 0. The monoisotopic (exact) mass is 473 g/mol. The molecule has 33 heavy (non-hydrogen) atoms. The summed E-state index contributed by atoms with van der Waals surface area (Å²) in [5, 5.41) is 5.66. The molecule has 0 atom stereocenters. The molecule has 0 aromatic heterocycles. The van der Waals surface area contributed by atoms with E-state index in [0.717, 1.165) is 11.1 Å². The first-order chi connectivity index (χ1) is 14.8. The van der Waals surface area contributed by atoms with Crippen LogP contribution in [0.2, 0.25) is 0 Å². The molecular weight excluding hydrogens is 438 g/mol. The fourth-order valence-corrected chi connectivity index (χ4v) is 3.02. The molecule has 0 saturated heterocycles. The third-order valence-corrected chi connectivity index (χ3v) is 5.00. The standard InChI is InChI=1S/C25H35N5O2.ClH/c1-24(2,3)18-12-17(13-19(15-18)25(4,5)6)22(32)30-20-9-7-8-16(14-20)21(31)28-10-11-29-23(26)27;/h7-9,12-15H,10-11H2,1-6H3,(H,28,31)(H,30,32)(H4,26,27,29);1H. The van der Waals surface area contributed by atoms with Gasteiger partial charge in [0.1, 0.15) is 0 Å². The predicted molar refractivity (Wildman–Crippen MR) is 138 cm³/mol. The molecule has 0 aliphatic rings. The van der Waals surface area contributed by atoms with Gasteiger partial charge in [0, 0.05) is 23.4 Å². The summed E-state index contributed by atoms with van der Waals surface area (Å²) in [6, 6.07) is 12.9. The van der Waals surface area contributed by atoms with Gasteiger partial charge in [0.05, 0.1) is 6.54 Å². The number of nitrogens with two attached hydrogens (primary N) is 2. The number of amides is 2. The summed E-state index contributed by atoms with van der Waals surface area (Å²) in [5.41, 5.74) is 14.1. The maximum Gasteiger partial charge on any atom is 0.255 e. The second kappa shape index (κ2) is 11.2. The lowest BCUT2D eigenvalue weighted by Gasteiger charge is -2.26. The summed E-state index contributed by atoms with van der Waals surface area (Å²) in [4.78, 5) is 29.3. The first kappa shape index (κ1) is 28.0. The van der Waals surface area contributed by atoms with E-state index in [9.17, 15) is 9.59 Å². The molecule has 0 aliphatic carbocycles. The predicted octanol–water partition coefficient (Wildman–Crippen LogP) is 3.96. The Hall–Kier alpha value is -3.06. The van der Waals surface area contributed by atoms with Crippen molar-refractivity contribution < 1.29 is 9.59 Å². The Morgan fingerprint density at radius 1 is 0.848 bits per heavy atom. The van der Waals surface area contributed by atoms with Crippen LogP contribution in [-0.4, -0.2) is 30.9 Å². The van der Waals surface area contributed by atoms with E-state index in [1.165, 1.54) is 0 Å². The molecule has 2 rings (SSSR count). The van der Waals surface area contributed by atoms with E-state index in [0.29, 0.717) is 29.9 Å². The van der Waals surface area contributed by atoms with Crippen LogP contribution in [0.4, 0.5) is 5.69 Å². The van der Waals surface area contributed by atoms with Crippen LogP contribution in [0.15, 0.2) is 47.5 Å². The van der Waals surface area contributed by atoms with Crippen LogP contribution < -0.4 is 22.1 Å². The number of anilines is 1. The van der Waals surface area contributed by atoms with Gasteiger partial charge in [-0.05, 0) is 52.3 Å². The molecule has 7 nitrogen and oxygen atoms in total. The Morgan fingerprint density at radius 2 is 1.42 bits per heavy atom. The van der Waals surface area contributed by atoms with E-state index in [4.69, 9.17) is 11.5 Å². The van der Waals surface area contributed by atoms with Crippen LogP contribution in [0, 0.1) is 0 Å². The minimum absolute atomic E-state index is 0. The lowest BCUT2D eigenvalue weighted by atomic mass is 9.79. The van der Waals surface area contributed by atoms with Crippen LogP contribution in [0.3, 0.4) is 0 Å². The quantitative estimate of drug-likeness (QED) is 0.288. The first-order valence-corrected chi connectivity index (χ1v) is 10.7. The Bertz CT molecular complexity index is 984. The number of carbonyl (C=O) groups is 2. The molecular formula is C25H36ClN5O2. The number of nitrogens with zero attached hydrogens (tertiary/aromatic N) is 1. The molecule has 2 aromatic carbocycles. The zero-order valence-electron chi connectivity index (χ0n) is 20.3. The largest absolute Gasteiger partial charge is 0.370 e. The average Bonchev–Trinajstić information content (AvgIpc) is 2.69. The highest BCUT2D eigenvalue weighted by Crippen LogP contribution is 2.30. The van der Waals surface area contributed by atoms with Gasteiger partial charge in [-0.1, -0.05) is 53.7 Å². The van der Waals surface area contributed by atoms with Gasteiger partial charge in [-0.2, -0.15) is 0 Å². The molecule has 2 aromatic rings. The van der Waals surface area contributed by atoms with Crippen molar-refractivity contribution in [2.45, 2.75) is 52.4 Å². The number of aliphatic imine (C=N–C) groups is 1. The third-order valence-electron chi connectivity index (χ3n) is 5.00. The summed E-state index contributed by atoms with van der Waals surface area (Å²) < 4.78 is 0. The van der Waals surface area contributed by atoms with Gasteiger partial charge in [0.25, 0.3) is 11.8 Å². The molecule has 0 unspecified atom stereocenters. The third kappa shape index (κ3) is 8.42. The minimum Gasteiger partial charge on any atom is -0.370 e. The lowest BCUT2D eigenvalue weighted by Crippen LogP contribution is -2.28. The molecule has 6 N–H and O–H groups in total. The summed E-state index contributed by atoms with van der Waals surface area (Å²) in [6.45, 7) is 13.4. The number of rotatable bonds is 6. The van der Waals surface area contributed by atoms with E-state index in [1.807, 2.05) is 12.1 Å². The normalized spacial score (nSPS) is 11.2. The van der Waals surface area contributed by atoms with Gasteiger partial charge in [-0.15, -0.1) is 12.4 Å². The molecule has 0 heterocycles. The Morgan fingerprint density at radius 3 is 1.94 bits per heavy atom. The summed E-state index contributed by atoms with van der Waals surface area (Å²) in [6.07, 6.45) is 0. The van der Waals surface area contributed by atoms with E-state index < -0.39 is 0 Å². The zero-order valence-corrected chi connectivity index (χ0v) is 21.1. The van der Waals surface area contributed by atoms with Crippen molar-refractivity contribution in [2.24, 2.45) is 16.5 Å². The van der Waals surface area contributed by atoms with Crippen LogP contribution >= 0.6 is 12.4 Å². The van der Waals surface area contributed by atoms with Crippen molar-refractivity contribution in [1.82, 2.24) is 5.32 Å². The molecule has 0 radical (unpaired) electrons. The van der Waals surface area contributed by atoms with Gasteiger partial charge in [-0.25, -0.2) is 0 Å². The first-order valence-electron chi connectivity index (χ1n) is 10.7. The fourth-order valence-electron chi connectivity index (χ4n) is 3.02. The van der Waals surface area contributed by atoms with Gasteiger partial charge < -0.3 is 22.1 Å². The van der Waals surface area contributed by atoms with Crippen molar-refractivity contribution in [3.05, 3.63) is 64.7 Å². The zero-order chi connectivity index (χ0) is 24.1. The second-order valence-electron chi connectivity index (χ2n) is 9.90. The number of nitrogens with one attached hydrogen (secondary N) is 2. The molecule has 8 heteroatoms. The minimum atomic E-state index is -0.267. The Labute approximate surface area is 202 Å².